The number of nitriles is 1. The van der Waals surface area contributed by atoms with E-state index < -0.39 is 12.5 Å². The minimum absolute atomic E-state index is 0.00698. The Balaban J connectivity index is 0.000000541. The van der Waals surface area contributed by atoms with Crippen molar-refractivity contribution < 1.29 is 27.6 Å². The largest absolute Gasteiger partial charge is 0.446 e. The Kier molecular flexibility index (Phi) is 9.99. The van der Waals surface area contributed by atoms with E-state index in [9.17, 15) is 28.0 Å². The second-order valence-electron chi connectivity index (χ2n) is 14.8. The molecule has 236 valence electrons. The molecule has 0 heterocycles. The van der Waals surface area contributed by atoms with Crippen molar-refractivity contribution >= 4 is 17.9 Å². The molecule has 0 radical (unpaired) electrons. The summed E-state index contributed by atoms with van der Waals surface area (Å²) in [6.45, 7) is 16.6. The molecule has 9 unspecified atom stereocenters. The average Bonchev–Trinajstić information content (AvgIpc) is 2.93. The van der Waals surface area contributed by atoms with Crippen LogP contribution in [-0.4, -0.2) is 37.6 Å². The zero-order valence-corrected chi connectivity index (χ0v) is 26.8. The molecule has 9 atom stereocenters. The Morgan fingerprint density at radius 1 is 1.02 bits per heavy atom. The summed E-state index contributed by atoms with van der Waals surface area (Å²) in [4.78, 5) is 35.7. The van der Waals surface area contributed by atoms with Crippen molar-refractivity contribution in [1.82, 2.24) is 5.32 Å². The van der Waals surface area contributed by atoms with Crippen LogP contribution in [0.5, 0.6) is 0 Å². The summed E-state index contributed by atoms with van der Waals surface area (Å²) >= 11 is 0. The molecule has 8 heteroatoms. The third-order valence-electron chi connectivity index (χ3n) is 12.2. The number of aldehydes is 1. The van der Waals surface area contributed by atoms with Gasteiger partial charge in [-0.3, -0.25) is 14.4 Å². The number of nitrogens with zero attached hydrogens (tertiary/aromatic N) is 1. The third kappa shape index (κ3) is 5.88. The first-order chi connectivity index (χ1) is 19.5. The molecule has 1 N–H and O–H groups in total. The van der Waals surface area contributed by atoms with Gasteiger partial charge < -0.3 is 5.32 Å². The van der Waals surface area contributed by atoms with E-state index >= 15 is 0 Å². The van der Waals surface area contributed by atoms with E-state index in [1.54, 1.807) is 0 Å². The van der Waals surface area contributed by atoms with Gasteiger partial charge >= 0.3 is 6.18 Å². The number of halogens is 3. The van der Waals surface area contributed by atoms with Gasteiger partial charge in [0, 0.05) is 24.8 Å². The summed E-state index contributed by atoms with van der Waals surface area (Å²) in [5.41, 5.74) is 0.724. The molecule has 4 saturated carbocycles. The fraction of sp³-hybridized carbons (Fsp3) is 0.824. The smallest absolute Gasteiger partial charge is 0.319 e. The van der Waals surface area contributed by atoms with Crippen molar-refractivity contribution in [2.45, 2.75) is 106 Å². The Morgan fingerprint density at radius 3 is 2.17 bits per heavy atom. The number of ketones is 2. The molecule has 42 heavy (non-hydrogen) atoms. The van der Waals surface area contributed by atoms with E-state index in [1.807, 2.05) is 26.8 Å². The van der Waals surface area contributed by atoms with Gasteiger partial charge in [-0.1, -0.05) is 54.5 Å². The van der Waals surface area contributed by atoms with E-state index in [-0.39, 0.29) is 45.7 Å². The Bertz CT molecular complexity index is 1120. The molecule has 0 amide bonds. The fourth-order valence-electron chi connectivity index (χ4n) is 10.3. The molecule has 5 aliphatic carbocycles. The summed E-state index contributed by atoms with van der Waals surface area (Å²) in [6.07, 6.45) is 5.07. The monoisotopic (exact) mass is 592 g/mol. The van der Waals surface area contributed by atoms with E-state index in [2.05, 4.69) is 46.1 Å². The van der Waals surface area contributed by atoms with Crippen LogP contribution < -0.4 is 5.32 Å². The molecular formula is C34H51F3N2O3. The van der Waals surface area contributed by atoms with E-state index in [1.165, 1.54) is 19.3 Å². The predicted octanol–water partition coefficient (Wildman–Crippen LogP) is 7.50. The van der Waals surface area contributed by atoms with Crippen molar-refractivity contribution in [2.24, 2.45) is 57.2 Å². The lowest BCUT2D eigenvalue weighted by Gasteiger charge is -2.67. The number of allylic oxidation sites excluding steroid dienone is 2. The lowest BCUT2D eigenvalue weighted by molar-refractivity contribution is -0.185. The Hall–Kier alpha value is -2.01. The molecule has 5 rings (SSSR count). The van der Waals surface area contributed by atoms with Crippen LogP contribution in [0.1, 0.15) is 99.8 Å². The van der Waals surface area contributed by atoms with Crippen molar-refractivity contribution in [2.75, 3.05) is 13.6 Å². The summed E-state index contributed by atoms with van der Waals surface area (Å²) in [5, 5.41) is 13.2. The van der Waals surface area contributed by atoms with Gasteiger partial charge in [0.15, 0.2) is 5.78 Å². The average molecular weight is 593 g/mol. The van der Waals surface area contributed by atoms with Crippen molar-refractivity contribution in [1.29, 1.82) is 5.26 Å². The van der Waals surface area contributed by atoms with Gasteiger partial charge in [0.05, 0.1) is 5.57 Å². The van der Waals surface area contributed by atoms with Gasteiger partial charge in [-0.15, -0.1) is 0 Å². The molecule has 0 bridgehead atoms. The van der Waals surface area contributed by atoms with Crippen LogP contribution in [0.3, 0.4) is 0 Å². The van der Waals surface area contributed by atoms with E-state index in [0.29, 0.717) is 35.0 Å². The molecular weight excluding hydrogens is 541 g/mol. The first-order valence-electron chi connectivity index (χ1n) is 15.9. The third-order valence-corrected chi connectivity index (χ3v) is 12.2. The standard InChI is InChI=1S/C30H44N2O2.C2HF3O.C2H6/c1-18-20-7-9-28(4)21-8-10-30(17-32-6)12-11-27(2,3)15-22(30)25(21)23(33)13-24(28)29(20,5)14-19(16-31)26(18)34;3-2(4,5)1-6;1-2/h14,18,20-22,24-25,32H,7-13,15,17H2,1-6H3;1H;1-2H3. The first kappa shape index (κ1) is 34.5. The first-order valence-corrected chi connectivity index (χ1v) is 15.9. The van der Waals surface area contributed by atoms with Gasteiger partial charge in [-0.2, -0.15) is 18.4 Å². The second kappa shape index (κ2) is 12.2. The minimum Gasteiger partial charge on any atom is -0.319 e. The van der Waals surface area contributed by atoms with E-state index in [4.69, 9.17) is 4.79 Å². The van der Waals surface area contributed by atoms with Crippen LogP contribution in [0.2, 0.25) is 0 Å². The molecule has 0 aromatic heterocycles. The van der Waals surface area contributed by atoms with Crippen molar-refractivity contribution in [3.05, 3.63) is 11.6 Å². The number of Topliss-reactive ketones (excluding diaryl/α,β-unsaturated/α-hetero) is 2. The number of alkyl halides is 3. The predicted molar refractivity (Wildman–Crippen MR) is 157 cm³/mol. The van der Waals surface area contributed by atoms with Crippen LogP contribution >= 0.6 is 0 Å². The highest BCUT2D eigenvalue weighted by Gasteiger charge is 2.66. The molecule has 4 fully saturated rings. The summed E-state index contributed by atoms with van der Waals surface area (Å²) in [7, 11) is 2.07. The van der Waals surface area contributed by atoms with Gasteiger partial charge in [-0.25, -0.2) is 0 Å². The van der Waals surface area contributed by atoms with Crippen LogP contribution in [0, 0.1) is 68.5 Å². The van der Waals surface area contributed by atoms with Gasteiger partial charge in [-0.05, 0) is 97.3 Å². The molecule has 0 saturated heterocycles. The lowest BCUT2D eigenvalue weighted by atomic mass is 9.36. The number of rotatable bonds is 2. The summed E-state index contributed by atoms with van der Waals surface area (Å²) in [6, 6.07) is 2.20. The minimum atomic E-state index is -4.64. The number of hydrogen-bond acceptors (Lipinski definition) is 5. The maximum absolute atomic E-state index is 14.2. The van der Waals surface area contributed by atoms with Crippen molar-refractivity contribution in [3.8, 4) is 6.07 Å². The molecule has 0 aromatic carbocycles. The number of nitrogens with one attached hydrogen (secondary N) is 1. The quantitative estimate of drug-likeness (QED) is 0.336. The van der Waals surface area contributed by atoms with E-state index in [0.717, 1.165) is 32.2 Å². The number of hydrogen-bond donors (Lipinski definition) is 1. The second-order valence-corrected chi connectivity index (χ2v) is 14.8. The van der Waals surface area contributed by atoms with Crippen LogP contribution in [0.25, 0.3) is 0 Å². The SMILES string of the molecule is CC.CNCC12CCC3C(C(=O)CC4C5(C)C=C(C#N)C(=O)C(C)C5CCC34C)C1CC(C)(C)CC2.O=CC(F)(F)F. The molecule has 5 nitrogen and oxygen atoms in total. The Labute approximate surface area is 250 Å². The maximum Gasteiger partial charge on any atom is 0.446 e. The van der Waals surface area contributed by atoms with Gasteiger partial charge in [0.2, 0.25) is 6.29 Å². The number of fused-ring (bicyclic) bond motifs is 7. The van der Waals surface area contributed by atoms with Gasteiger partial charge in [0.25, 0.3) is 0 Å². The highest BCUT2D eigenvalue weighted by atomic mass is 19.4. The molecule has 5 aliphatic rings. The maximum atomic E-state index is 14.2. The number of carbonyl (C=O) groups excluding carboxylic acids is 3. The zero-order chi connectivity index (χ0) is 31.9. The summed E-state index contributed by atoms with van der Waals surface area (Å²) in [5.74, 6) is 1.88. The summed E-state index contributed by atoms with van der Waals surface area (Å²) < 4.78 is 31.2. The highest BCUT2D eigenvalue weighted by Crippen LogP contribution is 2.70. The topological polar surface area (TPSA) is 87.0 Å². The molecule has 0 spiro atoms. The fourth-order valence-corrected chi connectivity index (χ4v) is 10.3. The normalized spacial score (nSPS) is 41.9. The van der Waals surface area contributed by atoms with Crippen molar-refractivity contribution in [3.63, 3.8) is 0 Å². The number of carbonyl (C=O) groups is 3. The van der Waals surface area contributed by atoms with Crippen LogP contribution in [-0.2, 0) is 14.4 Å². The lowest BCUT2D eigenvalue weighted by Crippen LogP contribution is -2.64. The zero-order valence-electron chi connectivity index (χ0n) is 26.8. The molecule has 0 aromatic rings. The molecule has 0 aliphatic heterocycles. The highest BCUT2D eigenvalue weighted by molar-refractivity contribution is 6.01. The Morgan fingerprint density at radius 2 is 1.62 bits per heavy atom. The van der Waals surface area contributed by atoms with Crippen LogP contribution in [0.15, 0.2) is 11.6 Å². The van der Waals surface area contributed by atoms with Crippen LogP contribution in [0.4, 0.5) is 13.2 Å². The van der Waals surface area contributed by atoms with Gasteiger partial charge in [0.1, 0.15) is 11.9 Å².